The molecule has 3 aromatic rings. The standard InChI is InChI=1S/C23H22ClN3O4/c1-15-6-4-5-7-18(15)14-31-23-21(27(28)29)10-17(11-22(23)30-3)13-25-26-19-9-8-16(2)20(24)12-19/h4-13,26H,14H2,1-3H3/b25-13+. The largest absolute Gasteiger partial charge is 0.493 e. The molecule has 0 amide bonds. The predicted molar refractivity (Wildman–Crippen MR) is 123 cm³/mol. The van der Waals surface area contributed by atoms with Gasteiger partial charge in [-0.05, 0) is 48.7 Å². The summed E-state index contributed by atoms with van der Waals surface area (Å²) in [6.07, 6.45) is 1.47. The topological polar surface area (TPSA) is 86.0 Å². The molecule has 1 N–H and O–H groups in total. The molecule has 0 radical (unpaired) electrons. The molecule has 0 bridgehead atoms. The van der Waals surface area contributed by atoms with Gasteiger partial charge in [0.2, 0.25) is 5.75 Å². The minimum Gasteiger partial charge on any atom is -0.493 e. The second-order valence-electron chi connectivity index (χ2n) is 6.88. The van der Waals surface area contributed by atoms with Gasteiger partial charge >= 0.3 is 5.69 Å². The van der Waals surface area contributed by atoms with E-state index in [0.29, 0.717) is 16.3 Å². The maximum Gasteiger partial charge on any atom is 0.315 e. The van der Waals surface area contributed by atoms with Gasteiger partial charge in [0, 0.05) is 16.7 Å². The van der Waals surface area contributed by atoms with E-state index >= 15 is 0 Å². The third-order valence-electron chi connectivity index (χ3n) is 4.69. The van der Waals surface area contributed by atoms with Crippen molar-refractivity contribution in [1.29, 1.82) is 0 Å². The number of rotatable bonds is 8. The van der Waals surface area contributed by atoms with Gasteiger partial charge in [0.25, 0.3) is 0 Å². The summed E-state index contributed by atoms with van der Waals surface area (Å²) in [7, 11) is 1.44. The molecule has 0 aliphatic carbocycles. The molecule has 0 atom stereocenters. The number of aryl methyl sites for hydroxylation is 2. The van der Waals surface area contributed by atoms with E-state index in [0.717, 1.165) is 16.7 Å². The lowest BCUT2D eigenvalue weighted by Crippen LogP contribution is -2.04. The van der Waals surface area contributed by atoms with Crippen LogP contribution in [0.15, 0.2) is 59.7 Å². The number of nitro groups is 1. The molecule has 0 unspecified atom stereocenters. The van der Waals surface area contributed by atoms with Crippen molar-refractivity contribution < 1.29 is 14.4 Å². The van der Waals surface area contributed by atoms with Gasteiger partial charge in [-0.15, -0.1) is 0 Å². The first-order valence-electron chi connectivity index (χ1n) is 9.48. The number of nitro benzene ring substituents is 1. The summed E-state index contributed by atoms with van der Waals surface area (Å²) in [5.41, 5.74) is 6.77. The van der Waals surface area contributed by atoms with E-state index in [-0.39, 0.29) is 23.8 Å². The Balaban J connectivity index is 1.84. The number of hydrazone groups is 1. The zero-order chi connectivity index (χ0) is 22.4. The van der Waals surface area contributed by atoms with Gasteiger partial charge < -0.3 is 9.47 Å². The zero-order valence-corrected chi connectivity index (χ0v) is 18.1. The number of halogens is 1. The lowest BCUT2D eigenvalue weighted by atomic mass is 10.1. The van der Waals surface area contributed by atoms with Crippen LogP contribution in [-0.2, 0) is 6.61 Å². The molecule has 0 aliphatic rings. The van der Waals surface area contributed by atoms with Gasteiger partial charge in [-0.2, -0.15) is 5.10 Å². The molecule has 160 valence electrons. The van der Waals surface area contributed by atoms with Gasteiger partial charge in [0.1, 0.15) is 6.61 Å². The number of ether oxygens (including phenoxy) is 2. The average molecular weight is 440 g/mol. The van der Waals surface area contributed by atoms with Gasteiger partial charge in [0.05, 0.1) is 23.9 Å². The number of benzene rings is 3. The Morgan fingerprint density at radius 1 is 1.13 bits per heavy atom. The fraction of sp³-hybridized carbons (Fsp3) is 0.174. The quantitative estimate of drug-likeness (QED) is 0.268. The van der Waals surface area contributed by atoms with Crippen molar-refractivity contribution in [1.82, 2.24) is 0 Å². The maximum absolute atomic E-state index is 11.7. The van der Waals surface area contributed by atoms with Crippen molar-refractivity contribution in [3.8, 4) is 11.5 Å². The van der Waals surface area contributed by atoms with Crippen LogP contribution in [0, 0.1) is 24.0 Å². The Kier molecular flexibility index (Phi) is 7.10. The highest BCUT2D eigenvalue weighted by atomic mass is 35.5. The fourth-order valence-corrected chi connectivity index (χ4v) is 3.06. The molecule has 7 nitrogen and oxygen atoms in total. The van der Waals surface area contributed by atoms with E-state index < -0.39 is 4.92 Å². The first kappa shape index (κ1) is 22.1. The summed E-state index contributed by atoms with van der Waals surface area (Å²) in [5, 5.41) is 16.4. The summed E-state index contributed by atoms with van der Waals surface area (Å²) >= 11 is 6.11. The molecular weight excluding hydrogens is 418 g/mol. The highest BCUT2D eigenvalue weighted by Gasteiger charge is 2.22. The molecule has 0 heterocycles. The Hall–Kier alpha value is -3.58. The van der Waals surface area contributed by atoms with Crippen molar-refractivity contribution >= 4 is 29.2 Å². The number of hydrogen-bond acceptors (Lipinski definition) is 6. The highest BCUT2D eigenvalue weighted by Crippen LogP contribution is 2.38. The summed E-state index contributed by atoms with van der Waals surface area (Å²) in [5.74, 6) is 0.328. The van der Waals surface area contributed by atoms with Crippen molar-refractivity contribution in [2.75, 3.05) is 12.5 Å². The zero-order valence-electron chi connectivity index (χ0n) is 17.4. The van der Waals surface area contributed by atoms with Crippen LogP contribution in [0.25, 0.3) is 0 Å². The average Bonchev–Trinajstić information content (AvgIpc) is 2.75. The van der Waals surface area contributed by atoms with Gasteiger partial charge in [0.15, 0.2) is 5.75 Å². The Bertz CT molecular complexity index is 1130. The van der Waals surface area contributed by atoms with E-state index in [4.69, 9.17) is 21.1 Å². The molecule has 0 saturated heterocycles. The number of hydrogen-bond donors (Lipinski definition) is 1. The van der Waals surface area contributed by atoms with Gasteiger partial charge in [-0.3, -0.25) is 15.5 Å². The molecule has 0 aliphatic heterocycles. The van der Waals surface area contributed by atoms with E-state index in [1.807, 2.05) is 50.2 Å². The summed E-state index contributed by atoms with van der Waals surface area (Å²) in [6, 6.07) is 16.2. The normalized spacial score (nSPS) is 10.8. The molecule has 3 aromatic carbocycles. The van der Waals surface area contributed by atoms with Crippen molar-refractivity contribution in [3.05, 3.63) is 92.0 Å². The van der Waals surface area contributed by atoms with Crippen LogP contribution >= 0.6 is 11.6 Å². The Labute approximate surface area is 185 Å². The van der Waals surface area contributed by atoms with Crippen molar-refractivity contribution in [3.63, 3.8) is 0 Å². The SMILES string of the molecule is COc1cc(/C=N/Nc2ccc(C)c(Cl)c2)cc([N+](=O)[O-])c1OCc1ccccc1C. The summed E-state index contributed by atoms with van der Waals surface area (Å²) in [6.45, 7) is 4.05. The summed E-state index contributed by atoms with van der Waals surface area (Å²) < 4.78 is 11.2. The van der Waals surface area contributed by atoms with E-state index in [2.05, 4.69) is 10.5 Å². The number of nitrogens with one attached hydrogen (secondary N) is 1. The number of methoxy groups -OCH3 is 1. The fourth-order valence-electron chi connectivity index (χ4n) is 2.88. The molecular formula is C23H22ClN3O4. The van der Waals surface area contributed by atoms with Crippen LogP contribution in [-0.4, -0.2) is 18.2 Å². The van der Waals surface area contributed by atoms with Crippen molar-refractivity contribution in [2.24, 2.45) is 5.10 Å². The third kappa shape index (κ3) is 5.52. The predicted octanol–water partition coefficient (Wildman–Crippen LogP) is 5.90. The molecule has 0 saturated carbocycles. The van der Waals surface area contributed by atoms with Gasteiger partial charge in [-0.1, -0.05) is 41.9 Å². The number of anilines is 1. The van der Waals surface area contributed by atoms with E-state index in [1.165, 1.54) is 19.4 Å². The number of nitrogens with zero attached hydrogens (tertiary/aromatic N) is 2. The van der Waals surface area contributed by atoms with Crippen LogP contribution < -0.4 is 14.9 Å². The first-order valence-corrected chi connectivity index (χ1v) is 9.85. The monoisotopic (exact) mass is 439 g/mol. The molecule has 0 aromatic heterocycles. The smallest absolute Gasteiger partial charge is 0.315 e. The van der Waals surface area contributed by atoms with Crippen LogP contribution in [0.2, 0.25) is 5.02 Å². The van der Waals surface area contributed by atoms with Gasteiger partial charge in [-0.25, -0.2) is 0 Å². The van der Waals surface area contributed by atoms with Crippen LogP contribution in [0.4, 0.5) is 11.4 Å². The second-order valence-corrected chi connectivity index (χ2v) is 7.28. The van der Waals surface area contributed by atoms with Crippen LogP contribution in [0.5, 0.6) is 11.5 Å². The lowest BCUT2D eigenvalue weighted by Gasteiger charge is -2.13. The van der Waals surface area contributed by atoms with Crippen molar-refractivity contribution in [2.45, 2.75) is 20.5 Å². The van der Waals surface area contributed by atoms with Crippen LogP contribution in [0.1, 0.15) is 22.3 Å². The maximum atomic E-state index is 11.7. The first-order chi connectivity index (χ1) is 14.9. The molecule has 31 heavy (non-hydrogen) atoms. The van der Waals surface area contributed by atoms with E-state index in [1.54, 1.807) is 12.1 Å². The molecule has 8 heteroatoms. The second kappa shape index (κ2) is 9.95. The highest BCUT2D eigenvalue weighted by molar-refractivity contribution is 6.31. The molecule has 0 fully saturated rings. The molecule has 0 spiro atoms. The minimum absolute atomic E-state index is 0.0752. The third-order valence-corrected chi connectivity index (χ3v) is 5.09. The van der Waals surface area contributed by atoms with Crippen LogP contribution in [0.3, 0.4) is 0 Å². The Morgan fingerprint density at radius 3 is 2.58 bits per heavy atom. The molecule has 3 rings (SSSR count). The van der Waals surface area contributed by atoms with E-state index in [9.17, 15) is 10.1 Å². The minimum atomic E-state index is -0.500. The lowest BCUT2D eigenvalue weighted by molar-refractivity contribution is -0.386. The Morgan fingerprint density at radius 2 is 1.90 bits per heavy atom. The summed E-state index contributed by atoms with van der Waals surface area (Å²) in [4.78, 5) is 11.2.